The molecule has 1 rings (SSSR count). The van der Waals surface area contributed by atoms with Crippen LogP contribution in [0.3, 0.4) is 0 Å². The predicted octanol–water partition coefficient (Wildman–Crippen LogP) is 3.26. The zero-order valence-electron chi connectivity index (χ0n) is 10.9. The normalized spacial score (nSPS) is 10.2. The van der Waals surface area contributed by atoms with Gasteiger partial charge in [-0.15, -0.1) is 0 Å². The molecule has 0 aromatic carbocycles. The number of aromatic nitrogens is 2. The molecule has 0 aliphatic heterocycles. The molecule has 1 aromatic rings. The van der Waals surface area contributed by atoms with Gasteiger partial charge in [0.15, 0.2) is 0 Å². The Hall–Kier alpha value is -1.32. The maximum atomic E-state index is 5.04. The van der Waals surface area contributed by atoms with Crippen molar-refractivity contribution in [1.82, 2.24) is 9.97 Å². The number of nitrogens with one attached hydrogen (secondary N) is 1. The van der Waals surface area contributed by atoms with E-state index in [0.717, 1.165) is 6.54 Å². The van der Waals surface area contributed by atoms with Crippen LogP contribution in [-0.2, 0) is 0 Å². The third kappa shape index (κ3) is 6.09. The second kappa shape index (κ2) is 8.79. The molecule has 0 amide bonds. The van der Waals surface area contributed by atoms with Crippen molar-refractivity contribution in [3.63, 3.8) is 0 Å². The highest BCUT2D eigenvalue weighted by Crippen LogP contribution is 2.08. The monoisotopic (exact) mass is 237 g/mol. The average molecular weight is 237 g/mol. The van der Waals surface area contributed by atoms with Crippen molar-refractivity contribution in [2.24, 2.45) is 0 Å². The van der Waals surface area contributed by atoms with Gasteiger partial charge in [0.05, 0.1) is 7.11 Å². The zero-order valence-corrected chi connectivity index (χ0v) is 10.9. The second-order valence-electron chi connectivity index (χ2n) is 4.12. The standard InChI is InChI=1S/C13H23N3O/c1-3-4-5-6-7-8-10-14-13-15-11-9-12(16-13)17-2/h9,11H,3-8,10H2,1-2H3,(H,14,15,16). The van der Waals surface area contributed by atoms with Gasteiger partial charge in [-0.1, -0.05) is 39.0 Å². The number of ether oxygens (including phenoxy) is 1. The molecule has 0 saturated heterocycles. The van der Waals surface area contributed by atoms with Crippen LogP contribution < -0.4 is 10.1 Å². The van der Waals surface area contributed by atoms with E-state index in [4.69, 9.17) is 4.74 Å². The van der Waals surface area contributed by atoms with Crippen LogP contribution in [0.15, 0.2) is 12.3 Å². The van der Waals surface area contributed by atoms with E-state index >= 15 is 0 Å². The van der Waals surface area contributed by atoms with Gasteiger partial charge in [0, 0.05) is 18.8 Å². The summed E-state index contributed by atoms with van der Waals surface area (Å²) in [5.74, 6) is 1.25. The highest BCUT2D eigenvalue weighted by atomic mass is 16.5. The molecule has 0 radical (unpaired) electrons. The topological polar surface area (TPSA) is 47.0 Å². The quantitative estimate of drug-likeness (QED) is 0.670. The number of anilines is 1. The van der Waals surface area contributed by atoms with E-state index < -0.39 is 0 Å². The minimum atomic E-state index is 0.602. The van der Waals surface area contributed by atoms with E-state index in [2.05, 4.69) is 22.2 Å². The Morgan fingerprint density at radius 3 is 2.71 bits per heavy atom. The van der Waals surface area contributed by atoms with Crippen molar-refractivity contribution in [1.29, 1.82) is 0 Å². The fourth-order valence-electron chi connectivity index (χ4n) is 1.65. The number of methoxy groups -OCH3 is 1. The summed E-state index contributed by atoms with van der Waals surface area (Å²) in [7, 11) is 1.61. The Kier molecular flexibility index (Phi) is 7.11. The average Bonchev–Trinajstić information content (AvgIpc) is 2.38. The molecular weight excluding hydrogens is 214 g/mol. The summed E-state index contributed by atoms with van der Waals surface area (Å²) in [6.07, 6.45) is 9.49. The van der Waals surface area contributed by atoms with Crippen LogP contribution in [0.25, 0.3) is 0 Å². The molecule has 0 bridgehead atoms. The summed E-state index contributed by atoms with van der Waals surface area (Å²) in [6.45, 7) is 3.17. The smallest absolute Gasteiger partial charge is 0.225 e. The molecule has 1 heterocycles. The first kappa shape index (κ1) is 13.7. The van der Waals surface area contributed by atoms with Crippen LogP contribution in [0.4, 0.5) is 5.95 Å². The Bertz CT molecular complexity index is 304. The molecule has 0 unspecified atom stereocenters. The van der Waals surface area contributed by atoms with Gasteiger partial charge in [0.25, 0.3) is 0 Å². The molecule has 1 aromatic heterocycles. The van der Waals surface area contributed by atoms with E-state index in [9.17, 15) is 0 Å². The minimum absolute atomic E-state index is 0.602. The van der Waals surface area contributed by atoms with E-state index in [1.165, 1.54) is 38.5 Å². The van der Waals surface area contributed by atoms with Gasteiger partial charge in [-0.25, -0.2) is 4.98 Å². The summed E-state index contributed by atoms with van der Waals surface area (Å²) < 4.78 is 5.04. The largest absolute Gasteiger partial charge is 0.481 e. The molecule has 0 saturated carbocycles. The van der Waals surface area contributed by atoms with E-state index in [1.807, 2.05) is 0 Å². The first-order chi connectivity index (χ1) is 8.36. The lowest BCUT2D eigenvalue weighted by atomic mass is 10.1. The molecule has 96 valence electrons. The Morgan fingerprint density at radius 1 is 1.18 bits per heavy atom. The number of unbranched alkanes of at least 4 members (excludes halogenated alkanes) is 5. The highest BCUT2D eigenvalue weighted by Gasteiger charge is 1.97. The first-order valence-electron chi connectivity index (χ1n) is 6.47. The fraction of sp³-hybridized carbons (Fsp3) is 0.692. The van der Waals surface area contributed by atoms with Crippen molar-refractivity contribution in [3.05, 3.63) is 12.3 Å². The second-order valence-corrected chi connectivity index (χ2v) is 4.12. The number of hydrogen-bond acceptors (Lipinski definition) is 4. The van der Waals surface area contributed by atoms with Gasteiger partial charge < -0.3 is 10.1 Å². The SMILES string of the molecule is CCCCCCCCNc1nccc(OC)n1. The van der Waals surface area contributed by atoms with Gasteiger partial charge in [-0.2, -0.15) is 4.98 Å². The van der Waals surface area contributed by atoms with Gasteiger partial charge in [-0.05, 0) is 6.42 Å². The van der Waals surface area contributed by atoms with Crippen LogP contribution >= 0.6 is 0 Å². The Balaban J connectivity index is 2.09. The number of hydrogen-bond donors (Lipinski definition) is 1. The maximum absolute atomic E-state index is 5.04. The minimum Gasteiger partial charge on any atom is -0.481 e. The van der Waals surface area contributed by atoms with Gasteiger partial charge in [-0.3, -0.25) is 0 Å². The van der Waals surface area contributed by atoms with Crippen LogP contribution in [0.2, 0.25) is 0 Å². The molecule has 17 heavy (non-hydrogen) atoms. The Morgan fingerprint density at radius 2 is 1.94 bits per heavy atom. The molecule has 4 heteroatoms. The molecule has 0 aliphatic rings. The molecule has 0 aliphatic carbocycles. The van der Waals surface area contributed by atoms with Gasteiger partial charge in [0.1, 0.15) is 0 Å². The molecule has 0 spiro atoms. The molecule has 0 atom stereocenters. The third-order valence-corrected chi connectivity index (χ3v) is 2.65. The summed E-state index contributed by atoms with van der Waals surface area (Å²) >= 11 is 0. The van der Waals surface area contributed by atoms with Crippen LogP contribution in [0, 0.1) is 0 Å². The van der Waals surface area contributed by atoms with Gasteiger partial charge in [0.2, 0.25) is 11.8 Å². The molecular formula is C13H23N3O. The van der Waals surface area contributed by atoms with Crippen molar-refractivity contribution >= 4 is 5.95 Å². The number of nitrogens with zero attached hydrogens (tertiary/aromatic N) is 2. The summed E-state index contributed by atoms with van der Waals surface area (Å²) in [4.78, 5) is 8.33. The van der Waals surface area contributed by atoms with Crippen LogP contribution in [0.1, 0.15) is 45.4 Å². The predicted molar refractivity (Wildman–Crippen MR) is 70.4 cm³/mol. The zero-order chi connectivity index (χ0) is 12.3. The summed E-state index contributed by atoms with van der Waals surface area (Å²) in [6, 6.07) is 1.75. The van der Waals surface area contributed by atoms with Crippen LogP contribution in [-0.4, -0.2) is 23.6 Å². The summed E-state index contributed by atoms with van der Waals surface area (Å²) in [5, 5.41) is 3.21. The molecule has 1 N–H and O–H groups in total. The van der Waals surface area contributed by atoms with Gasteiger partial charge >= 0.3 is 0 Å². The number of rotatable bonds is 9. The molecule has 0 fully saturated rings. The highest BCUT2D eigenvalue weighted by molar-refractivity contribution is 5.26. The van der Waals surface area contributed by atoms with Crippen molar-refractivity contribution < 1.29 is 4.74 Å². The Labute approximate surface area is 104 Å². The first-order valence-corrected chi connectivity index (χ1v) is 6.47. The molecule has 4 nitrogen and oxygen atoms in total. The van der Waals surface area contributed by atoms with Crippen molar-refractivity contribution in [2.75, 3.05) is 19.0 Å². The fourth-order valence-corrected chi connectivity index (χ4v) is 1.65. The third-order valence-electron chi connectivity index (χ3n) is 2.65. The van der Waals surface area contributed by atoms with Crippen LogP contribution in [0.5, 0.6) is 5.88 Å². The van der Waals surface area contributed by atoms with Crippen molar-refractivity contribution in [3.8, 4) is 5.88 Å². The lowest BCUT2D eigenvalue weighted by Crippen LogP contribution is -2.05. The maximum Gasteiger partial charge on any atom is 0.225 e. The summed E-state index contributed by atoms with van der Waals surface area (Å²) in [5.41, 5.74) is 0. The van der Waals surface area contributed by atoms with E-state index in [0.29, 0.717) is 11.8 Å². The van der Waals surface area contributed by atoms with E-state index in [1.54, 1.807) is 19.4 Å². The van der Waals surface area contributed by atoms with Crippen molar-refractivity contribution in [2.45, 2.75) is 45.4 Å². The van der Waals surface area contributed by atoms with E-state index in [-0.39, 0.29) is 0 Å². The lowest BCUT2D eigenvalue weighted by molar-refractivity contribution is 0.397. The lowest BCUT2D eigenvalue weighted by Gasteiger charge is -2.05.